The second-order valence-corrected chi connectivity index (χ2v) is 5.39. The molecule has 1 aliphatic heterocycles. The smallest absolute Gasteiger partial charge is 0.144 e. The van der Waals surface area contributed by atoms with Crippen molar-refractivity contribution < 1.29 is 4.39 Å². The molecule has 1 aromatic carbocycles. The van der Waals surface area contributed by atoms with Crippen molar-refractivity contribution in [3.63, 3.8) is 0 Å². The lowest BCUT2D eigenvalue weighted by molar-refractivity contribution is 0.337. The normalized spacial score (nSPS) is 22.0. The van der Waals surface area contributed by atoms with Crippen LogP contribution in [0.3, 0.4) is 0 Å². The maximum Gasteiger partial charge on any atom is 0.144 e. The maximum absolute atomic E-state index is 13.6. The molecule has 1 atom stereocenters. The SMILES string of the molecule is CC1CN(C)CCCN1c1cc(F)c(Cl)cc1N. The summed E-state index contributed by atoms with van der Waals surface area (Å²) in [6, 6.07) is 3.24. The summed E-state index contributed by atoms with van der Waals surface area (Å²) in [6.45, 7) is 5.02. The Balaban J connectivity index is 2.32. The molecule has 18 heavy (non-hydrogen) atoms. The molecule has 5 heteroatoms. The third-order valence-corrected chi connectivity index (χ3v) is 3.72. The van der Waals surface area contributed by atoms with E-state index >= 15 is 0 Å². The van der Waals surface area contributed by atoms with E-state index in [9.17, 15) is 4.39 Å². The zero-order valence-corrected chi connectivity index (χ0v) is 11.5. The zero-order valence-electron chi connectivity index (χ0n) is 10.8. The molecule has 1 aliphatic rings. The number of nitrogen functional groups attached to an aromatic ring is 1. The van der Waals surface area contributed by atoms with Gasteiger partial charge in [0.25, 0.3) is 0 Å². The molecule has 0 bridgehead atoms. The van der Waals surface area contributed by atoms with Crippen LogP contribution in [0, 0.1) is 5.82 Å². The average Bonchev–Trinajstić information content (AvgIpc) is 2.45. The minimum atomic E-state index is -0.411. The maximum atomic E-state index is 13.6. The van der Waals surface area contributed by atoms with Crippen LogP contribution in [0.25, 0.3) is 0 Å². The molecule has 0 aliphatic carbocycles. The van der Waals surface area contributed by atoms with Crippen molar-refractivity contribution in [2.75, 3.05) is 37.3 Å². The lowest BCUT2D eigenvalue weighted by atomic mass is 10.2. The lowest BCUT2D eigenvalue weighted by Gasteiger charge is -2.31. The summed E-state index contributed by atoms with van der Waals surface area (Å²) in [7, 11) is 2.10. The van der Waals surface area contributed by atoms with Crippen molar-refractivity contribution >= 4 is 23.0 Å². The molecule has 100 valence electrons. The molecule has 0 spiro atoms. The standard InChI is InChI=1S/C13H19ClFN3/c1-9-8-17(2)4-3-5-18(9)13-7-11(15)10(14)6-12(13)16/h6-7,9H,3-5,8,16H2,1-2H3. The van der Waals surface area contributed by atoms with Gasteiger partial charge in [-0.3, -0.25) is 0 Å². The summed E-state index contributed by atoms with van der Waals surface area (Å²) in [5.74, 6) is -0.411. The predicted octanol–water partition coefficient (Wildman–Crippen LogP) is 2.59. The number of halogens is 2. The summed E-state index contributed by atoms with van der Waals surface area (Å²) >= 11 is 5.73. The molecule has 2 rings (SSSR count). The Kier molecular flexibility index (Phi) is 3.97. The first-order chi connectivity index (χ1) is 8.49. The van der Waals surface area contributed by atoms with Gasteiger partial charge >= 0.3 is 0 Å². The molecule has 1 fully saturated rings. The fourth-order valence-electron chi connectivity index (χ4n) is 2.53. The van der Waals surface area contributed by atoms with E-state index in [4.69, 9.17) is 17.3 Å². The molecule has 0 amide bonds. The molecule has 2 N–H and O–H groups in total. The Morgan fingerprint density at radius 3 is 2.83 bits per heavy atom. The Morgan fingerprint density at radius 1 is 1.39 bits per heavy atom. The van der Waals surface area contributed by atoms with Crippen molar-refractivity contribution in [3.8, 4) is 0 Å². The Labute approximate surface area is 112 Å². The number of anilines is 2. The van der Waals surface area contributed by atoms with Gasteiger partial charge in [0.1, 0.15) is 5.82 Å². The number of nitrogens with two attached hydrogens (primary N) is 1. The molecule has 1 unspecified atom stereocenters. The third kappa shape index (κ3) is 2.70. The van der Waals surface area contributed by atoms with Crippen LogP contribution in [0.4, 0.5) is 15.8 Å². The molecular weight excluding hydrogens is 253 g/mol. The molecule has 0 radical (unpaired) electrons. The van der Waals surface area contributed by atoms with Gasteiger partial charge in [-0.1, -0.05) is 11.6 Å². The van der Waals surface area contributed by atoms with Gasteiger partial charge in [0.15, 0.2) is 0 Å². The van der Waals surface area contributed by atoms with Gasteiger partial charge in [-0.15, -0.1) is 0 Å². The van der Waals surface area contributed by atoms with Gasteiger partial charge in [-0.2, -0.15) is 0 Å². The second kappa shape index (κ2) is 5.33. The molecule has 1 saturated heterocycles. The van der Waals surface area contributed by atoms with Gasteiger partial charge in [-0.05, 0) is 33.0 Å². The fourth-order valence-corrected chi connectivity index (χ4v) is 2.70. The van der Waals surface area contributed by atoms with Crippen LogP contribution in [0.15, 0.2) is 12.1 Å². The predicted molar refractivity (Wildman–Crippen MR) is 74.7 cm³/mol. The van der Waals surface area contributed by atoms with Crippen LogP contribution >= 0.6 is 11.6 Å². The van der Waals surface area contributed by atoms with Gasteiger partial charge in [0.2, 0.25) is 0 Å². The highest BCUT2D eigenvalue weighted by atomic mass is 35.5. The quantitative estimate of drug-likeness (QED) is 0.797. The second-order valence-electron chi connectivity index (χ2n) is 4.98. The highest BCUT2D eigenvalue weighted by molar-refractivity contribution is 6.31. The summed E-state index contributed by atoms with van der Waals surface area (Å²) in [4.78, 5) is 4.45. The Bertz CT molecular complexity index is 438. The molecule has 1 aromatic rings. The monoisotopic (exact) mass is 271 g/mol. The topological polar surface area (TPSA) is 32.5 Å². The highest BCUT2D eigenvalue weighted by Crippen LogP contribution is 2.31. The van der Waals surface area contributed by atoms with E-state index in [2.05, 4.69) is 23.8 Å². The Morgan fingerprint density at radius 2 is 2.11 bits per heavy atom. The van der Waals surface area contributed by atoms with E-state index in [1.54, 1.807) is 0 Å². The van der Waals surface area contributed by atoms with Crippen LogP contribution < -0.4 is 10.6 Å². The average molecular weight is 272 g/mol. The van der Waals surface area contributed by atoms with Crippen molar-refractivity contribution in [1.82, 2.24) is 4.90 Å². The minimum absolute atomic E-state index is 0.0795. The van der Waals surface area contributed by atoms with Crippen molar-refractivity contribution in [3.05, 3.63) is 23.0 Å². The first kappa shape index (κ1) is 13.4. The first-order valence-electron chi connectivity index (χ1n) is 6.18. The molecule has 0 saturated carbocycles. The first-order valence-corrected chi connectivity index (χ1v) is 6.56. The van der Waals surface area contributed by atoms with Crippen LogP contribution in [-0.2, 0) is 0 Å². The van der Waals surface area contributed by atoms with E-state index < -0.39 is 5.82 Å². The van der Waals surface area contributed by atoms with Crippen LogP contribution in [0.2, 0.25) is 5.02 Å². The molecular formula is C13H19ClFN3. The van der Waals surface area contributed by atoms with Crippen LogP contribution in [0.5, 0.6) is 0 Å². The number of nitrogens with zero attached hydrogens (tertiary/aromatic N) is 2. The number of likely N-dealkylation sites (N-methyl/N-ethyl adjacent to an activating group) is 1. The fraction of sp³-hybridized carbons (Fsp3) is 0.538. The molecule has 3 nitrogen and oxygen atoms in total. The summed E-state index contributed by atoms with van der Waals surface area (Å²) in [5, 5.41) is 0.0795. The highest BCUT2D eigenvalue weighted by Gasteiger charge is 2.22. The van der Waals surface area contributed by atoms with Gasteiger partial charge in [0, 0.05) is 25.2 Å². The van der Waals surface area contributed by atoms with Gasteiger partial charge in [0.05, 0.1) is 16.4 Å². The molecule has 0 aromatic heterocycles. The van der Waals surface area contributed by atoms with Crippen LogP contribution in [0.1, 0.15) is 13.3 Å². The zero-order chi connectivity index (χ0) is 13.3. The third-order valence-electron chi connectivity index (χ3n) is 3.43. The number of benzene rings is 1. The van der Waals surface area contributed by atoms with E-state index in [1.807, 2.05) is 0 Å². The van der Waals surface area contributed by atoms with Crippen molar-refractivity contribution in [1.29, 1.82) is 0 Å². The number of hydrogen-bond acceptors (Lipinski definition) is 3. The van der Waals surface area contributed by atoms with E-state index in [1.165, 1.54) is 12.1 Å². The van der Waals surface area contributed by atoms with E-state index in [0.29, 0.717) is 11.7 Å². The summed E-state index contributed by atoms with van der Waals surface area (Å²) in [5.41, 5.74) is 7.25. The number of rotatable bonds is 1. The number of hydrogen-bond donors (Lipinski definition) is 1. The Hall–Kier alpha value is -1.00. The minimum Gasteiger partial charge on any atom is -0.397 e. The lowest BCUT2D eigenvalue weighted by Crippen LogP contribution is -2.38. The molecule has 1 heterocycles. The van der Waals surface area contributed by atoms with Gasteiger partial charge < -0.3 is 15.5 Å². The summed E-state index contributed by atoms with van der Waals surface area (Å²) in [6.07, 6.45) is 1.05. The van der Waals surface area contributed by atoms with Crippen molar-refractivity contribution in [2.45, 2.75) is 19.4 Å². The van der Waals surface area contributed by atoms with E-state index in [0.717, 1.165) is 31.7 Å². The largest absolute Gasteiger partial charge is 0.397 e. The van der Waals surface area contributed by atoms with E-state index in [-0.39, 0.29) is 5.02 Å². The van der Waals surface area contributed by atoms with Crippen LogP contribution in [-0.4, -0.2) is 37.6 Å². The van der Waals surface area contributed by atoms with Crippen molar-refractivity contribution in [2.24, 2.45) is 0 Å². The summed E-state index contributed by atoms with van der Waals surface area (Å²) < 4.78 is 13.6. The van der Waals surface area contributed by atoms with Gasteiger partial charge in [-0.25, -0.2) is 4.39 Å².